The van der Waals surface area contributed by atoms with Gasteiger partial charge < -0.3 is 15.2 Å². The molecule has 0 bridgehead atoms. The first kappa shape index (κ1) is 10.8. The standard InChI is InChI=1S/C12H15NO3/c1-12(2)9(7-13-11(14)15)8-5-3-4-6-10(8)16-12/h3-6,9,13H,7H2,1-2H3,(H,14,15). The van der Waals surface area contributed by atoms with Crippen LogP contribution in [-0.4, -0.2) is 23.3 Å². The first-order valence-electron chi connectivity index (χ1n) is 5.25. The predicted molar refractivity (Wildman–Crippen MR) is 59.9 cm³/mol. The number of benzene rings is 1. The Morgan fingerprint density at radius 1 is 1.50 bits per heavy atom. The molecule has 0 saturated carbocycles. The second-order valence-corrected chi connectivity index (χ2v) is 4.48. The zero-order valence-electron chi connectivity index (χ0n) is 9.36. The summed E-state index contributed by atoms with van der Waals surface area (Å²) in [5.41, 5.74) is 0.702. The van der Waals surface area contributed by atoms with Crippen LogP contribution in [0.3, 0.4) is 0 Å². The van der Waals surface area contributed by atoms with Gasteiger partial charge in [0.05, 0.1) is 0 Å². The van der Waals surface area contributed by atoms with Crippen LogP contribution in [0.25, 0.3) is 0 Å². The molecule has 4 nitrogen and oxygen atoms in total. The van der Waals surface area contributed by atoms with Crippen LogP contribution >= 0.6 is 0 Å². The molecule has 1 aromatic rings. The highest BCUT2D eigenvalue weighted by atomic mass is 16.5. The average molecular weight is 221 g/mol. The number of fused-ring (bicyclic) bond motifs is 1. The molecule has 86 valence electrons. The number of rotatable bonds is 2. The second-order valence-electron chi connectivity index (χ2n) is 4.48. The highest BCUT2D eigenvalue weighted by molar-refractivity contribution is 5.64. The number of ether oxygens (including phenoxy) is 1. The molecule has 1 aliphatic heterocycles. The molecule has 0 aromatic heterocycles. The van der Waals surface area contributed by atoms with Gasteiger partial charge in [-0.2, -0.15) is 0 Å². The smallest absolute Gasteiger partial charge is 0.404 e. The number of para-hydroxylation sites is 1. The molecule has 16 heavy (non-hydrogen) atoms. The highest BCUT2D eigenvalue weighted by Gasteiger charge is 2.40. The molecule has 2 N–H and O–H groups in total. The van der Waals surface area contributed by atoms with E-state index in [1.807, 2.05) is 38.1 Å². The molecule has 0 saturated heterocycles. The van der Waals surface area contributed by atoms with E-state index >= 15 is 0 Å². The van der Waals surface area contributed by atoms with Gasteiger partial charge in [0.25, 0.3) is 0 Å². The molecule has 0 fully saturated rings. The van der Waals surface area contributed by atoms with Crippen LogP contribution in [0.5, 0.6) is 5.75 Å². The highest BCUT2D eigenvalue weighted by Crippen LogP contribution is 2.43. The number of carboxylic acid groups (broad SMARTS) is 1. The molecule has 1 amide bonds. The van der Waals surface area contributed by atoms with E-state index in [0.717, 1.165) is 11.3 Å². The predicted octanol–water partition coefficient (Wildman–Crippen LogP) is 2.21. The van der Waals surface area contributed by atoms with E-state index in [1.165, 1.54) is 0 Å². The number of hydrogen-bond donors (Lipinski definition) is 2. The van der Waals surface area contributed by atoms with Gasteiger partial charge in [-0.1, -0.05) is 18.2 Å². The largest absolute Gasteiger partial charge is 0.487 e. The molecule has 0 spiro atoms. The van der Waals surface area contributed by atoms with Gasteiger partial charge in [0.1, 0.15) is 11.4 Å². The Bertz CT molecular complexity index is 414. The fourth-order valence-corrected chi connectivity index (χ4v) is 2.14. The third-order valence-electron chi connectivity index (χ3n) is 2.96. The maximum absolute atomic E-state index is 10.5. The number of hydrogen-bond acceptors (Lipinski definition) is 2. The van der Waals surface area contributed by atoms with Crippen molar-refractivity contribution in [3.05, 3.63) is 29.8 Å². The lowest BCUT2D eigenvalue weighted by molar-refractivity contribution is 0.108. The van der Waals surface area contributed by atoms with E-state index in [2.05, 4.69) is 5.32 Å². The number of nitrogens with one attached hydrogen (secondary N) is 1. The topological polar surface area (TPSA) is 58.6 Å². The Kier molecular flexibility index (Phi) is 2.50. The van der Waals surface area contributed by atoms with Gasteiger partial charge in [0.2, 0.25) is 0 Å². The Balaban J connectivity index is 2.24. The minimum atomic E-state index is -1.000. The van der Waals surface area contributed by atoms with Crippen LogP contribution in [-0.2, 0) is 0 Å². The molecule has 4 heteroatoms. The Hall–Kier alpha value is -1.71. The third-order valence-corrected chi connectivity index (χ3v) is 2.96. The van der Waals surface area contributed by atoms with Crippen molar-refractivity contribution in [2.75, 3.05) is 6.54 Å². The molecular formula is C12H15NO3. The van der Waals surface area contributed by atoms with Crippen molar-refractivity contribution in [2.24, 2.45) is 0 Å². The van der Waals surface area contributed by atoms with Crippen molar-refractivity contribution in [3.8, 4) is 5.75 Å². The summed E-state index contributed by atoms with van der Waals surface area (Å²) in [5.74, 6) is 0.907. The van der Waals surface area contributed by atoms with Crippen LogP contribution in [0.1, 0.15) is 25.3 Å². The summed E-state index contributed by atoms with van der Waals surface area (Å²) in [4.78, 5) is 10.5. The Labute approximate surface area is 94.2 Å². The SMILES string of the molecule is CC1(C)Oc2ccccc2C1CNC(=O)O. The van der Waals surface area contributed by atoms with Gasteiger partial charge in [0.15, 0.2) is 0 Å². The lowest BCUT2D eigenvalue weighted by Gasteiger charge is -2.26. The minimum absolute atomic E-state index is 0.0554. The summed E-state index contributed by atoms with van der Waals surface area (Å²) < 4.78 is 5.81. The monoisotopic (exact) mass is 221 g/mol. The summed E-state index contributed by atoms with van der Waals surface area (Å²) in [6, 6.07) is 7.76. The average Bonchev–Trinajstić information content (AvgIpc) is 2.44. The number of carbonyl (C=O) groups is 1. The van der Waals surface area contributed by atoms with Crippen LogP contribution in [0, 0.1) is 0 Å². The summed E-state index contributed by atoms with van der Waals surface area (Å²) in [6.45, 7) is 4.32. The van der Waals surface area contributed by atoms with Gasteiger partial charge in [-0.3, -0.25) is 0 Å². The fraction of sp³-hybridized carbons (Fsp3) is 0.417. The summed E-state index contributed by atoms with van der Waals surface area (Å²) in [5, 5.41) is 11.1. The number of amides is 1. The van der Waals surface area contributed by atoms with Crippen LogP contribution in [0.15, 0.2) is 24.3 Å². The van der Waals surface area contributed by atoms with E-state index in [-0.39, 0.29) is 11.5 Å². The van der Waals surface area contributed by atoms with Crippen molar-refractivity contribution in [1.82, 2.24) is 5.32 Å². The van der Waals surface area contributed by atoms with Crippen molar-refractivity contribution in [2.45, 2.75) is 25.4 Å². The van der Waals surface area contributed by atoms with Crippen molar-refractivity contribution in [3.63, 3.8) is 0 Å². The van der Waals surface area contributed by atoms with Gasteiger partial charge in [-0.25, -0.2) is 4.79 Å². The van der Waals surface area contributed by atoms with Crippen LogP contribution in [0.4, 0.5) is 4.79 Å². The quantitative estimate of drug-likeness (QED) is 0.805. The van der Waals surface area contributed by atoms with Gasteiger partial charge in [-0.15, -0.1) is 0 Å². The maximum atomic E-state index is 10.5. The normalized spacial score (nSPS) is 21.0. The lowest BCUT2D eigenvalue weighted by atomic mass is 9.87. The van der Waals surface area contributed by atoms with E-state index in [9.17, 15) is 4.79 Å². The third kappa shape index (κ3) is 1.83. The molecule has 2 rings (SSSR count). The van der Waals surface area contributed by atoms with Crippen molar-refractivity contribution >= 4 is 6.09 Å². The molecule has 1 atom stereocenters. The molecule has 0 radical (unpaired) electrons. The zero-order valence-corrected chi connectivity index (χ0v) is 9.36. The molecular weight excluding hydrogens is 206 g/mol. The second kappa shape index (κ2) is 3.70. The first-order valence-corrected chi connectivity index (χ1v) is 5.25. The Morgan fingerprint density at radius 2 is 2.19 bits per heavy atom. The summed E-state index contributed by atoms with van der Waals surface area (Å²) in [6.07, 6.45) is -1.000. The maximum Gasteiger partial charge on any atom is 0.404 e. The zero-order chi connectivity index (χ0) is 11.8. The molecule has 0 aliphatic carbocycles. The van der Waals surface area contributed by atoms with Crippen LogP contribution < -0.4 is 10.1 Å². The molecule has 1 aliphatic rings. The van der Waals surface area contributed by atoms with E-state index in [0.29, 0.717) is 6.54 Å². The van der Waals surface area contributed by atoms with Gasteiger partial charge >= 0.3 is 6.09 Å². The van der Waals surface area contributed by atoms with E-state index in [4.69, 9.17) is 9.84 Å². The first-order chi connectivity index (χ1) is 7.50. The van der Waals surface area contributed by atoms with Gasteiger partial charge in [0, 0.05) is 18.0 Å². The molecule has 1 aromatic carbocycles. The Morgan fingerprint density at radius 3 is 2.88 bits per heavy atom. The lowest BCUT2D eigenvalue weighted by Crippen LogP contribution is -2.38. The van der Waals surface area contributed by atoms with E-state index < -0.39 is 6.09 Å². The van der Waals surface area contributed by atoms with Crippen molar-refractivity contribution in [1.29, 1.82) is 0 Å². The van der Waals surface area contributed by atoms with Crippen molar-refractivity contribution < 1.29 is 14.6 Å². The minimum Gasteiger partial charge on any atom is -0.487 e. The molecule has 1 unspecified atom stereocenters. The molecule has 1 heterocycles. The fourth-order valence-electron chi connectivity index (χ4n) is 2.14. The van der Waals surface area contributed by atoms with Crippen LogP contribution in [0.2, 0.25) is 0 Å². The summed E-state index contributed by atoms with van der Waals surface area (Å²) in [7, 11) is 0. The van der Waals surface area contributed by atoms with E-state index in [1.54, 1.807) is 0 Å². The summed E-state index contributed by atoms with van der Waals surface area (Å²) >= 11 is 0. The van der Waals surface area contributed by atoms with Gasteiger partial charge in [-0.05, 0) is 19.9 Å².